The molecule has 0 radical (unpaired) electrons. The normalized spacial score (nSPS) is 29.9. The highest BCUT2D eigenvalue weighted by Gasteiger charge is 2.41. The predicted molar refractivity (Wildman–Crippen MR) is 82.7 cm³/mol. The van der Waals surface area contributed by atoms with Crippen LogP contribution < -0.4 is 5.32 Å². The van der Waals surface area contributed by atoms with E-state index >= 15 is 0 Å². The van der Waals surface area contributed by atoms with Gasteiger partial charge in [0, 0.05) is 19.1 Å². The molecule has 2 saturated heterocycles. The van der Waals surface area contributed by atoms with Crippen LogP contribution in [-0.4, -0.2) is 60.5 Å². The molecular formula is C16H31N3O. The van der Waals surface area contributed by atoms with Crippen molar-refractivity contribution in [2.45, 2.75) is 59.0 Å². The number of hydrogen-bond donors (Lipinski definition) is 1. The molecule has 2 atom stereocenters. The van der Waals surface area contributed by atoms with Gasteiger partial charge in [-0.05, 0) is 44.3 Å². The summed E-state index contributed by atoms with van der Waals surface area (Å²) in [5.74, 6) is 0.323. The first-order chi connectivity index (χ1) is 9.49. The van der Waals surface area contributed by atoms with E-state index in [1.165, 1.54) is 6.42 Å². The molecule has 0 bridgehead atoms. The second-order valence-electron chi connectivity index (χ2n) is 6.93. The van der Waals surface area contributed by atoms with Crippen LogP contribution in [0, 0.1) is 5.41 Å². The molecular weight excluding hydrogens is 250 g/mol. The molecule has 0 spiro atoms. The Labute approximate surface area is 123 Å². The van der Waals surface area contributed by atoms with Crippen molar-refractivity contribution in [2.24, 2.45) is 5.41 Å². The summed E-state index contributed by atoms with van der Waals surface area (Å²) in [6.45, 7) is 13.8. The van der Waals surface area contributed by atoms with Crippen LogP contribution in [0.4, 0.5) is 0 Å². The number of carbonyl (C=O) groups excluding carboxylic acids is 1. The van der Waals surface area contributed by atoms with Crippen LogP contribution in [0.5, 0.6) is 0 Å². The van der Waals surface area contributed by atoms with Gasteiger partial charge in [-0.25, -0.2) is 0 Å². The number of carbonyl (C=O) groups is 1. The molecule has 2 unspecified atom stereocenters. The van der Waals surface area contributed by atoms with Gasteiger partial charge in [0.05, 0.1) is 6.04 Å². The van der Waals surface area contributed by atoms with Gasteiger partial charge in [-0.2, -0.15) is 0 Å². The van der Waals surface area contributed by atoms with E-state index in [1.54, 1.807) is 0 Å². The average molecular weight is 281 g/mol. The van der Waals surface area contributed by atoms with Crippen molar-refractivity contribution in [2.75, 3.05) is 32.7 Å². The van der Waals surface area contributed by atoms with Crippen molar-refractivity contribution < 1.29 is 4.79 Å². The van der Waals surface area contributed by atoms with Gasteiger partial charge >= 0.3 is 0 Å². The highest BCUT2D eigenvalue weighted by molar-refractivity contribution is 5.83. The van der Waals surface area contributed by atoms with Gasteiger partial charge in [-0.15, -0.1) is 0 Å². The van der Waals surface area contributed by atoms with E-state index in [2.05, 4.69) is 42.8 Å². The maximum atomic E-state index is 12.8. The summed E-state index contributed by atoms with van der Waals surface area (Å²) >= 11 is 0. The monoisotopic (exact) mass is 281 g/mol. The first-order valence-corrected chi connectivity index (χ1v) is 8.25. The van der Waals surface area contributed by atoms with E-state index in [0.717, 1.165) is 45.6 Å². The molecule has 2 aliphatic rings. The fourth-order valence-corrected chi connectivity index (χ4v) is 3.80. The fourth-order valence-electron chi connectivity index (χ4n) is 3.80. The zero-order valence-corrected chi connectivity index (χ0v) is 13.6. The Hall–Kier alpha value is -0.610. The minimum absolute atomic E-state index is 0.00621. The summed E-state index contributed by atoms with van der Waals surface area (Å²) in [6, 6.07) is 0.562. The second kappa shape index (κ2) is 6.44. The van der Waals surface area contributed by atoms with Crippen LogP contribution in [-0.2, 0) is 4.79 Å². The van der Waals surface area contributed by atoms with Crippen molar-refractivity contribution in [1.29, 1.82) is 0 Å². The molecule has 2 rings (SSSR count). The first-order valence-electron chi connectivity index (χ1n) is 8.25. The summed E-state index contributed by atoms with van der Waals surface area (Å²) in [5.41, 5.74) is 0.0859. The summed E-state index contributed by atoms with van der Waals surface area (Å²) in [4.78, 5) is 17.4. The molecule has 4 heteroatoms. The van der Waals surface area contributed by atoms with Crippen molar-refractivity contribution in [3.8, 4) is 0 Å². The Morgan fingerprint density at radius 1 is 1.35 bits per heavy atom. The lowest BCUT2D eigenvalue weighted by atomic mass is 9.77. The number of amides is 1. The molecule has 2 heterocycles. The van der Waals surface area contributed by atoms with Crippen LogP contribution in [0.15, 0.2) is 0 Å². The van der Waals surface area contributed by atoms with Crippen molar-refractivity contribution in [3.63, 3.8) is 0 Å². The van der Waals surface area contributed by atoms with Gasteiger partial charge in [0.2, 0.25) is 5.91 Å². The van der Waals surface area contributed by atoms with Crippen LogP contribution >= 0.6 is 0 Å². The van der Waals surface area contributed by atoms with E-state index < -0.39 is 0 Å². The summed E-state index contributed by atoms with van der Waals surface area (Å²) in [5, 5.41) is 3.45. The molecule has 0 aromatic heterocycles. The standard InChI is InChI=1S/C16H31N3O/c1-5-18(6-2)13-8-11-19(12-13)15(20)14-16(3,4)9-7-10-17-14/h13-14,17H,5-12H2,1-4H3. The van der Waals surface area contributed by atoms with Crippen LogP contribution in [0.3, 0.4) is 0 Å². The smallest absolute Gasteiger partial charge is 0.240 e. The van der Waals surface area contributed by atoms with Crippen molar-refractivity contribution >= 4 is 5.91 Å². The second-order valence-corrected chi connectivity index (χ2v) is 6.93. The minimum Gasteiger partial charge on any atom is -0.340 e. The molecule has 116 valence electrons. The number of rotatable bonds is 4. The van der Waals surface area contributed by atoms with Crippen LogP contribution in [0.2, 0.25) is 0 Å². The maximum Gasteiger partial charge on any atom is 0.240 e. The van der Waals surface area contributed by atoms with Gasteiger partial charge in [0.15, 0.2) is 0 Å². The lowest BCUT2D eigenvalue weighted by Gasteiger charge is -2.40. The Morgan fingerprint density at radius 2 is 2.05 bits per heavy atom. The summed E-state index contributed by atoms with van der Waals surface area (Å²) in [7, 11) is 0. The van der Waals surface area contributed by atoms with Gasteiger partial charge < -0.3 is 10.2 Å². The topological polar surface area (TPSA) is 35.6 Å². The third kappa shape index (κ3) is 3.17. The minimum atomic E-state index is 0.00621. The maximum absolute atomic E-state index is 12.8. The van der Waals surface area contributed by atoms with Gasteiger partial charge in [0.1, 0.15) is 0 Å². The van der Waals surface area contributed by atoms with Crippen LogP contribution in [0.25, 0.3) is 0 Å². The van der Waals surface area contributed by atoms with E-state index in [4.69, 9.17) is 0 Å². The van der Waals surface area contributed by atoms with Crippen LogP contribution in [0.1, 0.15) is 47.0 Å². The largest absolute Gasteiger partial charge is 0.340 e. The molecule has 1 amide bonds. The Kier molecular flexibility index (Phi) is 5.08. The average Bonchev–Trinajstić information content (AvgIpc) is 2.89. The Morgan fingerprint density at radius 3 is 2.65 bits per heavy atom. The quantitative estimate of drug-likeness (QED) is 0.852. The Balaban J connectivity index is 1.97. The number of nitrogens with zero attached hydrogens (tertiary/aromatic N) is 2. The highest BCUT2D eigenvalue weighted by atomic mass is 16.2. The molecule has 20 heavy (non-hydrogen) atoms. The van der Waals surface area contributed by atoms with E-state index in [0.29, 0.717) is 11.9 Å². The SMILES string of the molecule is CCN(CC)C1CCN(C(=O)C2NCCCC2(C)C)C1. The summed E-state index contributed by atoms with van der Waals surface area (Å²) in [6.07, 6.45) is 3.45. The molecule has 0 saturated carbocycles. The predicted octanol–water partition coefficient (Wildman–Crippen LogP) is 1.71. The molecule has 4 nitrogen and oxygen atoms in total. The van der Waals surface area contributed by atoms with Gasteiger partial charge in [-0.1, -0.05) is 27.7 Å². The summed E-state index contributed by atoms with van der Waals surface area (Å²) < 4.78 is 0. The fraction of sp³-hybridized carbons (Fsp3) is 0.938. The molecule has 0 aromatic rings. The van der Waals surface area contributed by atoms with E-state index in [-0.39, 0.29) is 11.5 Å². The molecule has 2 fully saturated rings. The van der Waals surface area contributed by atoms with Crippen molar-refractivity contribution in [3.05, 3.63) is 0 Å². The van der Waals surface area contributed by atoms with Gasteiger partial charge in [0.25, 0.3) is 0 Å². The number of nitrogens with one attached hydrogen (secondary N) is 1. The number of piperidine rings is 1. The number of hydrogen-bond acceptors (Lipinski definition) is 3. The molecule has 0 aromatic carbocycles. The van der Waals surface area contributed by atoms with Gasteiger partial charge in [-0.3, -0.25) is 9.69 Å². The molecule has 1 N–H and O–H groups in total. The van der Waals surface area contributed by atoms with E-state index in [9.17, 15) is 4.79 Å². The highest BCUT2D eigenvalue weighted by Crippen LogP contribution is 2.32. The van der Waals surface area contributed by atoms with E-state index in [1.807, 2.05) is 0 Å². The molecule has 2 aliphatic heterocycles. The first kappa shape index (κ1) is 15.8. The third-order valence-electron chi connectivity index (χ3n) is 5.18. The molecule has 0 aliphatic carbocycles. The third-order valence-corrected chi connectivity index (χ3v) is 5.18. The zero-order valence-electron chi connectivity index (χ0n) is 13.6. The zero-order chi connectivity index (χ0) is 14.8. The number of likely N-dealkylation sites (N-methyl/N-ethyl adjacent to an activating group) is 1. The Bertz CT molecular complexity index is 339. The van der Waals surface area contributed by atoms with Crippen molar-refractivity contribution in [1.82, 2.24) is 15.1 Å². The number of likely N-dealkylation sites (tertiary alicyclic amines) is 1. The lowest BCUT2D eigenvalue weighted by molar-refractivity contribution is -0.136. The lowest BCUT2D eigenvalue weighted by Crippen LogP contribution is -2.56.